The summed E-state index contributed by atoms with van der Waals surface area (Å²) in [4.78, 5) is 14.7. The van der Waals surface area contributed by atoms with Crippen LogP contribution < -0.4 is 10.2 Å². The highest BCUT2D eigenvalue weighted by Crippen LogP contribution is 2.41. The minimum absolute atomic E-state index is 0.112. The average Bonchev–Trinajstić information content (AvgIpc) is 3.46. The van der Waals surface area contributed by atoms with Crippen molar-refractivity contribution in [2.75, 3.05) is 29.1 Å². The van der Waals surface area contributed by atoms with Crippen molar-refractivity contribution in [2.24, 2.45) is 5.92 Å². The molecule has 1 aliphatic carbocycles. The Balaban J connectivity index is 1.40. The summed E-state index contributed by atoms with van der Waals surface area (Å²) in [5.41, 5.74) is 1.16. The van der Waals surface area contributed by atoms with Crippen LogP contribution in [-0.2, 0) is 4.79 Å². The molecule has 2 heterocycles. The molecule has 28 heavy (non-hydrogen) atoms. The van der Waals surface area contributed by atoms with Crippen LogP contribution in [0.5, 0.6) is 0 Å². The fourth-order valence-corrected chi connectivity index (χ4v) is 4.24. The van der Waals surface area contributed by atoms with E-state index >= 15 is 0 Å². The van der Waals surface area contributed by atoms with Crippen molar-refractivity contribution >= 4 is 29.3 Å². The number of nitrogens with zero attached hydrogens (tertiary/aromatic N) is 5. The summed E-state index contributed by atoms with van der Waals surface area (Å²) in [5, 5.41) is 21.5. The Morgan fingerprint density at radius 2 is 2.07 bits per heavy atom. The van der Waals surface area contributed by atoms with Gasteiger partial charge in [-0.2, -0.15) is 5.26 Å². The topological polar surface area (TPSA) is 86.8 Å². The van der Waals surface area contributed by atoms with E-state index in [-0.39, 0.29) is 11.7 Å². The predicted octanol–water partition coefficient (Wildman–Crippen LogP) is 3.45. The first-order valence-corrected chi connectivity index (χ1v) is 10.8. The number of thioether (sulfide) groups is 1. The van der Waals surface area contributed by atoms with Crippen molar-refractivity contribution in [3.05, 3.63) is 29.8 Å². The van der Waals surface area contributed by atoms with Gasteiger partial charge in [0, 0.05) is 24.8 Å². The third-order valence-corrected chi connectivity index (χ3v) is 6.18. The van der Waals surface area contributed by atoms with E-state index in [1.54, 1.807) is 24.3 Å². The molecule has 8 heteroatoms. The van der Waals surface area contributed by atoms with E-state index < -0.39 is 0 Å². The number of hydrogen-bond acceptors (Lipinski definition) is 6. The van der Waals surface area contributed by atoms with E-state index in [4.69, 9.17) is 5.26 Å². The van der Waals surface area contributed by atoms with Gasteiger partial charge in [-0.15, -0.1) is 10.2 Å². The van der Waals surface area contributed by atoms with E-state index in [1.807, 2.05) is 0 Å². The number of nitrogens with one attached hydrogen (secondary N) is 1. The number of nitriles is 1. The summed E-state index contributed by atoms with van der Waals surface area (Å²) in [6.07, 6.45) is 4.67. The SMILES string of the molecule is CC1CCN(c2nnc(SCC(=O)Nc3cccc(C#N)c3)n2C2CC2)CC1. The highest BCUT2D eigenvalue weighted by Gasteiger charge is 2.32. The number of amides is 1. The molecule has 0 bridgehead atoms. The summed E-state index contributed by atoms with van der Waals surface area (Å²) >= 11 is 1.42. The van der Waals surface area contributed by atoms with Crippen molar-refractivity contribution in [2.45, 2.75) is 43.8 Å². The molecule has 0 atom stereocenters. The number of benzene rings is 1. The number of carbonyl (C=O) groups excluding carboxylic acids is 1. The summed E-state index contributed by atoms with van der Waals surface area (Å²) < 4.78 is 2.23. The fraction of sp³-hybridized carbons (Fsp3) is 0.500. The molecule has 1 saturated heterocycles. The van der Waals surface area contributed by atoms with Gasteiger partial charge in [0.25, 0.3) is 0 Å². The second-order valence-electron chi connectivity index (χ2n) is 7.58. The molecule has 0 unspecified atom stereocenters. The van der Waals surface area contributed by atoms with Crippen LogP contribution in [0.25, 0.3) is 0 Å². The van der Waals surface area contributed by atoms with Gasteiger partial charge in [0.05, 0.1) is 17.4 Å². The van der Waals surface area contributed by atoms with E-state index in [1.165, 1.54) is 24.6 Å². The Morgan fingerprint density at radius 1 is 1.29 bits per heavy atom. The smallest absolute Gasteiger partial charge is 0.234 e. The van der Waals surface area contributed by atoms with Gasteiger partial charge in [0.2, 0.25) is 11.9 Å². The highest BCUT2D eigenvalue weighted by atomic mass is 32.2. The summed E-state index contributed by atoms with van der Waals surface area (Å²) in [7, 11) is 0. The number of rotatable bonds is 6. The minimum Gasteiger partial charge on any atom is -0.341 e. The van der Waals surface area contributed by atoms with Crippen molar-refractivity contribution in [3.8, 4) is 6.07 Å². The maximum atomic E-state index is 12.3. The van der Waals surface area contributed by atoms with Gasteiger partial charge in [-0.05, 0) is 49.8 Å². The first-order valence-electron chi connectivity index (χ1n) is 9.76. The molecule has 1 amide bonds. The first-order chi connectivity index (χ1) is 13.6. The van der Waals surface area contributed by atoms with E-state index in [0.717, 1.165) is 43.0 Å². The number of carbonyl (C=O) groups is 1. The first kappa shape index (κ1) is 18.8. The monoisotopic (exact) mass is 396 g/mol. The van der Waals surface area contributed by atoms with Gasteiger partial charge in [0.15, 0.2) is 5.16 Å². The van der Waals surface area contributed by atoms with Gasteiger partial charge in [-0.25, -0.2) is 0 Å². The van der Waals surface area contributed by atoms with E-state index in [2.05, 4.69) is 38.0 Å². The number of aromatic nitrogens is 3. The van der Waals surface area contributed by atoms with Gasteiger partial charge < -0.3 is 10.2 Å². The lowest BCUT2D eigenvalue weighted by molar-refractivity contribution is -0.113. The van der Waals surface area contributed by atoms with Crippen molar-refractivity contribution in [1.29, 1.82) is 5.26 Å². The normalized spacial score (nSPS) is 17.4. The summed E-state index contributed by atoms with van der Waals surface area (Å²) in [6.45, 7) is 4.34. The number of hydrogen-bond donors (Lipinski definition) is 1. The summed E-state index contributed by atoms with van der Waals surface area (Å²) in [6, 6.07) is 9.47. The maximum absolute atomic E-state index is 12.3. The van der Waals surface area contributed by atoms with Gasteiger partial charge in [-0.3, -0.25) is 9.36 Å². The molecule has 4 rings (SSSR count). The number of anilines is 2. The standard InChI is InChI=1S/C20H24N6OS/c1-14-7-9-25(10-8-14)19-23-24-20(26(19)17-5-6-17)28-13-18(27)22-16-4-2-3-15(11-16)12-21/h2-4,11,14,17H,5-10,13H2,1H3,(H,22,27). The van der Waals surface area contributed by atoms with Crippen LogP contribution in [0.15, 0.2) is 29.4 Å². The van der Waals surface area contributed by atoms with Crippen molar-refractivity contribution in [3.63, 3.8) is 0 Å². The Morgan fingerprint density at radius 3 is 2.79 bits per heavy atom. The van der Waals surface area contributed by atoms with Crippen molar-refractivity contribution in [1.82, 2.24) is 14.8 Å². The maximum Gasteiger partial charge on any atom is 0.234 e. The molecule has 0 radical (unpaired) electrons. The molecule has 2 aromatic rings. The largest absolute Gasteiger partial charge is 0.341 e. The molecule has 1 N–H and O–H groups in total. The quantitative estimate of drug-likeness (QED) is 0.753. The molecular formula is C20H24N6OS. The molecule has 1 saturated carbocycles. The Kier molecular flexibility index (Phi) is 5.53. The van der Waals surface area contributed by atoms with Gasteiger partial charge >= 0.3 is 0 Å². The second-order valence-corrected chi connectivity index (χ2v) is 8.53. The molecule has 7 nitrogen and oxygen atoms in total. The third kappa shape index (κ3) is 4.30. The molecule has 2 fully saturated rings. The summed E-state index contributed by atoms with van der Waals surface area (Å²) in [5.74, 6) is 1.88. The molecule has 1 aromatic heterocycles. The fourth-order valence-electron chi connectivity index (χ4n) is 3.44. The lowest BCUT2D eigenvalue weighted by Gasteiger charge is -2.31. The minimum atomic E-state index is -0.112. The predicted molar refractivity (Wildman–Crippen MR) is 109 cm³/mol. The average molecular weight is 397 g/mol. The highest BCUT2D eigenvalue weighted by molar-refractivity contribution is 7.99. The molecule has 0 spiro atoms. The van der Waals surface area contributed by atoms with Crippen molar-refractivity contribution < 1.29 is 4.79 Å². The van der Waals surface area contributed by atoms with E-state index in [9.17, 15) is 4.79 Å². The lowest BCUT2D eigenvalue weighted by atomic mass is 10.00. The zero-order valence-corrected chi connectivity index (χ0v) is 16.8. The number of piperidine rings is 1. The molecule has 1 aromatic carbocycles. The van der Waals surface area contributed by atoms with E-state index in [0.29, 0.717) is 17.3 Å². The van der Waals surface area contributed by atoms with Gasteiger partial charge in [-0.1, -0.05) is 24.8 Å². The van der Waals surface area contributed by atoms with Crippen LogP contribution >= 0.6 is 11.8 Å². The third-order valence-electron chi connectivity index (χ3n) is 5.23. The molecular weight excluding hydrogens is 372 g/mol. The Labute approximate surface area is 169 Å². The molecule has 2 aliphatic rings. The Hall–Kier alpha value is -2.53. The van der Waals surface area contributed by atoms with Crippen LogP contribution in [-0.4, -0.2) is 39.5 Å². The van der Waals surface area contributed by atoms with Gasteiger partial charge in [0.1, 0.15) is 0 Å². The lowest BCUT2D eigenvalue weighted by Crippen LogP contribution is -2.34. The molecule has 1 aliphatic heterocycles. The van der Waals surface area contributed by atoms with Crippen LogP contribution in [0, 0.1) is 17.2 Å². The second kappa shape index (κ2) is 8.23. The Bertz CT molecular complexity index is 892. The molecule has 146 valence electrons. The zero-order chi connectivity index (χ0) is 19.5. The van der Waals surface area contributed by atoms with Crippen LogP contribution in [0.2, 0.25) is 0 Å². The van der Waals surface area contributed by atoms with Crippen LogP contribution in [0.4, 0.5) is 11.6 Å². The zero-order valence-electron chi connectivity index (χ0n) is 16.0. The van der Waals surface area contributed by atoms with Crippen LogP contribution in [0.3, 0.4) is 0 Å². The van der Waals surface area contributed by atoms with Crippen LogP contribution in [0.1, 0.15) is 44.2 Å².